The van der Waals surface area contributed by atoms with E-state index in [9.17, 15) is 52.2 Å². The lowest BCUT2D eigenvalue weighted by atomic mass is 9.74. The van der Waals surface area contributed by atoms with Crippen LogP contribution in [0, 0.1) is 10.8 Å². The lowest BCUT2D eigenvalue weighted by molar-refractivity contribution is -0.150. The van der Waals surface area contributed by atoms with E-state index in [4.69, 9.17) is 5.73 Å². The predicted octanol–water partition coefficient (Wildman–Crippen LogP) is 1.17. The Morgan fingerprint density at radius 2 is 1.42 bits per heavy atom. The molecule has 0 bridgehead atoms. The number of carbonyl (C=O) groups is 7. The zero-order valence-corrected chi connectivity index (χ0v) is 32.2. The molecule has 5 amide bonds. The van der Waals surface area contributed by atoms with Gasteiger partial charge in [-0.15, -0.1) is 0 Å². The third kappa shape index (κ3) is 17.6. The molecule has 0 spiro atoms. The molecule has 1 rings (SSSR count). The van der Waals surface area contributed by atoms with Gasteiger partial charge in [0.25, 0.3) is 5.91 Å². The molecule has 1 aromatic rings. The standard InChI is InChI=1S/C35H56N6O11S/c1-7-18-37-23-13-11-22(12-14-23)29(44)38-19-9-8-10-24(28(36)43)39-27(42)16-15-26(31(46)47)40-30(45)25(17-20-53(6,51)52)41-32(48)34(2,3)21-35(4,5)33(49)50/h11-14,24-26,37H,7-10,15-21H2,1-6H3,(H2,36,43)(H,38,44)(H,39,42)(H,40,45)(H,41,48)(H,46,47)(H,49,50). The molecule has 298 valence electrons. The van der Waals surface area contributed by atoms with Gasteiger partial charge in [-0.1, -0.05) is 20.8 Å². The van der Waals surface area contributed by atoms with Crippen molar-refractivity contribution in [1.29, 1.82) is 0 Å². The number of sulfone groups is 1. The number of carbonyl (C=O) groups excluding carboxylic acids is 5. The van der Waals surface area contributed by atoms with E-state index in [1.54, 1.807) is 12.1 Å². The second-order valence-electron chi connectivity index (χ2n) is 14.4. The van der Waals surface area contributed by atoms with Gasteiger partial charge in [-0.2, -0.15) is 0 Å². The van der Waals surface area contributed by atoms with Crippen LogP contribution in [0.4, 0.5) is 5.69 Å². The van der Waals surface area contributed by atoms with Crippen LogP contribution in [-0.2, 0) is 38.6 Å². The Morgan fingerprint density at radius 3 is 1.94 bits per heavy atom. The number of amides is 5. The number of hydrogen-bond acceptors (Lipinski definition) is 10. The number of nitrogens with two attached hydrogens (primary N) is 1. The fourth-order valence-corrected chi connectivity index (χ4v) is 6.02. The highest BCUT2D eigenvalue weighted by Crippen LogP contribution is 2.34. The van der Waals surface area contributed by atoms with E-state index in [1.807, 2.05) is 19.1 Å². The molecule has 3 unspecified atom stereocenters. The highest BCUT2D eigenvalue weighted by atomic mass is 32.2. The Kier molecular flexibility index (Phi) is 18.4. The van der Waals surface area contributed by atoms with Crippen molar-refractivity contribution in [3.63, 3.8) is 0 Å². The van der Waals surface area contributed by atoms with Crippen molar-refractivity contribution in [2.24, 2.45) is 16.6 Å². The summed E-state index contributed by atoms with van der Waals surface area (Å²) in [6.07, 6.45) is 1.51. The van der Waals surface area contributed by atoms with E-state index < -0.39 is 99.4 Å². The van der Waals surface area contributed by atoms with E-state index in [2.05, 4.69) is 26.6 Å². The van der Waals surface area contributed by atoms with Gasteiger partial charge in [-0.25, -0.2) is 13.2 Å². The topological polar surface area (TPSA) is 280 Å². The van der Waals surface area contributed by atoms with Gasteiger partial charge in [-0.3, -0.25) is 28.8 Å². The maximum Gasteiger partial charge on any atom is 0.326 e. The zero-order chi connectivity index (χ0) is 40.6. The van der Waals surface area contributed by atoms with Crippen LogP contribution >= 0.6 is 0 Å². The van der Waals surface area contributed by atoms with Crippen molar-refractivity contribution >= 4 is 57.0 Å². The van der Waals surface area contributed by atoms with Crippen LogP contribution in [0.5, 0.6) is 0 Å². The molecule has 18 heteroatoms. The lowest BCUT2D eigenvalue weighted by Gasteiger charge is -2.32. The van der Waals surface area contributed by atoms with Crippen molar-refractivity contribution in [2.45, 2.75) is 104 Å². The first-order valence-corrected chi connectivity index (χ1v) is 19.5. The van der Waals surface area contributed by atoms with Crippen LogP contribution in [0.2, 0.25) is 0 Å². The molecule has 9 N–H and O–H groups in total. The van der Waals surface area contributed by atoms with Gasteiger partial charge in [0.05, 0.1) is 11.2 Å². The number of aliphatic carboxylic acids is 2. The van der Waals surface area contributed by atoms with Crippen molar-refractivity contribution in [3.05, 3.63) is 29.8 Å². The summed E-state index contributed by atoms with van der Waals surface area (Å²) in [7, 11) is -3.61. The average molecular weight is 769 g/mol. The highest BCUT2D eigenvalue weighted by molar-refractivity contribution is 7.90. The summed E-state index contributed by atoms with van der Waals surface area (Å²) in [5.74, 6) is -6.77. The smallest absolute Gasteiger partial charge is 0.326 e. The van der Waals surface area contributed by atoms with Gasteiger partial charge < -0.3 is 42.5 Å². The quantitative estimate of drug-likeness (QED) is 0.0651. The largest absolute Gasteiger partial charge is 0.481 e. The first-order chi connectivity index (χ1) is 24.5. The first kappa shape index (κ1) is 46.3. The number of benzene rings is 1. The molecule has 0 heterocycles. The van der Waals surface area contributed by atoms with Gasteiger partial charge in [-0.05, 0) is 83.1 Å². The minimum absolute atomic E-state index is 0.135. The lowest BCUT2D eigenvalue weighted by Crippen LogP contribution is -2.55. The zero-order valence-electron chi connectivity index (χ0n) is 31.4. The third-order valence-electron chi connectivity index (χ3n) is 8.36. The fourth-order valence-electron chi connectivity index (χ4n) is 5.36. The molecule has 0 aromatic heterocycles. The van der Waals surface area contributed by atoms with Crippen LogP contribution in [0.15, 0.2) is 24.3 Å². The minimum Gasteiger partial charge on any atom is -0.481 e. The summed E-state index contributed by atoms with van der Waals surface area (Å²) in [5.41, 5.74) is 4.22. The Bertz CT molecular complexity index is 1560. The number of primary amides is 1. The maximum absolute atomic E-state index is 13.2. The molecule has 0 aliphatic heterocycles. The first-order valence-electron chi connectivity index (χ1n) is 17.4. The Labute approximate surface area is 310 Å². The number of unbranched alkanes of at least 4 members (excludes halogenated alkanes) is 1. The van der Waals surface area contributed by atoms with Crippen LogP contribution in [0.3, 0.4) is 0 Å². The number of rotatable bonds is 25. The molecule has 0 radical (unpaired) electrons. The summed E-state index contributed by atoms with van der Waals surface area (Å²) < 4.78 is 23.7. The normalized spacial score (nSPS) is 13.5. The Morgan fingerprint density at radius 1 is 0.792 bits per heavy atom. The molecule has 0 aliphatic carbocycles. The molecular weight excluding hydrogens is 712 g/mol. The van der Waals surface area contributed by atoms with Crippen LogP contribution in [-0.4, -0.2) is 103 Å². The summed E-state index contributed by atoms with van der Waals surface area (Å²) in [6.45, 7) is 8.93. The SMILES string of the molecule is CCCNc1ccc(C(=O)NCCCCC(NC(=O)CCC(NC(=O)C(CCS(C)(=O)=O)NC(=O)C(C)(C)CC(C)(C)C(=O)O)C(=O)O)C(N)=O)cc1. The number of carboxylic acid groups (broad SMARTS) is 2. The van der Waals surface area contributed by atoms with E-state index in [1.165, 1.54) is 27.7 Å². The number of hydrogen-bond donors (Lipinski definition) is 8. The number of carboxylic acids is 2. The number of nitrogens with one attached hydrogen (secondary N) is 5. The van der Waals surface area contributed by atoms with E-state index >= 15 is 0 Å². The molecule has 53 heavy (non-hydrogen) atoms. The molecule has 0 aliphatic rings. The van der Waals surface area contributed by atoms with Gasteiger partial charge in [0.15, 0.2) is 0 Å². The Balaban J connectivity index is 2.77. The van der Waals surface area contributed by atoms with Gasteiger partial charge in [0, 0.05) is 42.4 Å². The van der Waals surface area contributed by atoms with Crippen LogP contribution in [0.25, 0.3) is 0 Å². The third-order valence-corrected chi connectivity index (χ3v) is 9.34. The molecular formula is C35H56N6O11S. The van der Waals surface area contributed by atoms with Crippen molar-refractivity contribution in [2.75, 3.05) is 30.4 Å². The van der Waals surface area contributed by atoms with E-state index in [-0.39, 0.29) is 18.7 Å². The van der Waals surface area contributed by atoms with Crippen molar-refractivity contribution in [1.82, 2.24) is 21.3 Å². The minimum atomic E-state index is -3.61. The maximum atomic E-state index is 13.2. The van der Waals surface area contributed by atoms with E-state index in [0.717, 1.165) is 24.9 Å². The molecule has 0 fully saturated rings. The van der Waals surface area contributed by atoms with Crippen LogP contribution < -0.4 is 32.3 Å². The molecule has 17 nitrogen and oxygen atoms in total. The molecule has 3 atom stereocenters. The summed E-state index contributed by atoms with van der Waals surface area (Å²) in [4.78, 5) is 87.2. The van der Waals surface area contributed by atoms with Crippen LogP contribution in [0.1, 0.15) is 96.3 Å². The van der Waals surface area contributed by atoms with Gasteiger partial charge in [0.1, 0.15) is 28.0 Å². The monoisotopic (exact) mass is 768 g/mol. The van der Waals surface area contributed by atoms with Crippen molar-refractivity contribution in [3.8, 4) is 0 Å². The predicted molar refractivity (Wildman–Crippen MR) is 197 cm³/mol. The second-order valence-corrected chi connectivity index (χ2v) is 16.7. The summed E-state index contributed by atoms with van der Waals surface area (Å²) in [5, 5.41) is 32.4. The van der Waals surface area contributed by atoms with Crippen molar-refractivity contribution < 1.29 is 52.2 Å². The van der Waals surface area contributed by atoms with Gasteiger partial charge >= 0.3 is 11.9 Å². The average Bonchev–Trinajstić information content (AvgIpc) is 3.05. The van der Waals surface area contributed by atoms with E-state index in [0.29, 0.717) is 24.9 Å². The molecule has 1 aromatic carbocycles. The van der Waals surface area contributed by atoms with Gasteiger partial charge in [0.2, 0.25) is 23.6 Å². The highest BCUT2D eigenvalue weighted by Gasteiger charge is 2.40. The second kappa shape index (κ2) is 21.1. The molecule has 0 saturated carbocycles. The number of anilines is 1. The fraction of sp³-hybridized carbons (Fsp3) is 0.629. The molecule has 0 saturated heterocycles. The Hall–Kier alpha value is -4.74. The summed E-state index contributed by atoms with van der Waals surface area (Å²) >= 11 is 0. The summed E-state index contributed by atoms with van der Waals surface area (Å²) in [6, 6.07) is 2.82.